The normalized spacial score (nSPS) is 13.6. The van der Waals surface area contributed by atoms with E-state index in [1.54, 1.807) is 36.4 Å². The van der Waals surface area contributed by atoms with Crippen molar-refractivity contribution in [3.8, 4) is 5.75 Å². The molecule has 0 amide bonds. The Morgan fingerprint density at radius 3 is 2.59 bits per heavy atom. The van der Waals surface area contributed by atoms with Gasteiger partial charge in [-0.2, -0.15) is 0 Å². The lowest BCUT2D eigenvalue weighted by Crippen LogP contribution is -2.18. The van der Waals surface area contributed by atoms with E-state index in [-0.39, 0.29) is 17.9 Å². The minimum absolute atomic E-state index is 0.194. The molecule has 1 heterocycles. The second-order valence-corrected chi connectivity index (χ2v) is 9.98. The second-order valence-electron chi connectivity index (χ2n) is 8.93. The molecule has 1 unspecified atom stereocenters. The van der Waals surface area contributed by atoms with Gasteiger partial charge in [0.25, 0.3) is 0 Å². The molecule has 0 saturated heterocycles. The minimum Gasteiger partial charge on any atom is -0.484 e. The number of esters is 1. The van der Waals surface area contributed by atoms with E-state index < -0.39 is 0 Å². The fraction of sp³-hybridized carbons (Fsp3) is 0.233. The van der Waals surface area contributed by atoms with Crippen LogP contribution in [0.1, 0.15) is 56.4 Å². The third-order valence-electron chi connectivity index (χ3n) is 6.55. The van der Waals surface area contributed by atoms with Crippen molar-refractivity contribution in [2.75, 3.05) is 7.11 Å². The Bertz CT molecular complexity index is 1370. The van der Waals surface area contributed by atoms with Gasteiger partial charge in [-0.3, -0.25) is 4.79 Å². The predicted octanol–water partition coefficient (Wildman–Crippen LogP) is 6.30. The van der Waals surface area contributed by atoms with Gasteiger partial charge in [-0.25, -0.2) is 9.78 Å². The summed E-state index contributed by atoms with van der Waals surface area (Å²) in [4.78, 5) is 29.7. The summed E-state index contributed by atoms with van der Waals surface area (Å²) in [6, 6.07) is 21.4. The van der Waals surface area contributed by atoms with Crippen LogP contribution in [0.4, 0.5) is 0 Å². The number of fused-ring (bicyclic) bond motifs is 1. The molecule has 3 aromatic carbocycles. The van der Waals surface area contributed by atoms with Gasteiger partial charge in [0.2, 0.25) is 0 Å². The SMILES string of the molecule is COC(=O)c1ccc(SCc2c(OC(Cn3ccnc3)c3ccccc3)ccc3c2CCCC3=O)cc1. The number of thioether (sulfide) groups is 1. The number of hydrogen-bond donors (Lipinski definition) is 0. The number of aromatic nitrogens is 2. The number of rotatable bonds is 9. The van der Waals surface area contributed by atoms with Crippen LogP contribution in [0, 0.1) is 0 Å². The number of nitrogens with zero attached hydrogens (tertiary/aromatic N) is 2. The summed E-state index contributed by atoms with van der Waals surface area (Å²) in [7, 11) is 1.38. The van der Waals surface area contributed by atoms with Crippen molar-refractivity contribution >= 4 is 23.5 Å². The van der Waals surface area contributed by atoms with Gasteiger partial charge in [-0.15, -0.1) is 11.8 Å². The van der Waals surface area contributed by atoms with Gasteiger partial charge < -0.3 is 14.0 Å². The minimum atomic E-state index is -0.354. The lowest BCUT2D eigenvalue weighted by molar-refractivity contribution is 0.0600. The van der Waals surface area contributed by atoms with Crippen LogP contribution in [-0.2, 0) is 23.5 Å². The van der Waals surface area contributed by atoms with E-state index in [1.165, 1.54) is 7.11 Å². The van der Waals surface area contributed by atoms with E-state index in [1.807, 2.05) is 53.2 Å². The zero-order valence-corrected chi connectivity index (χ0v) is 21.4. The average Bonchev–Trinajstić information content (AvgIpc) is 3.46. The summed E-state index contributed by atoms with van der Waals surface area (Å²) in [6.45, 7) is 0.613. The van der Waals surface area contributed by atoms with Crippen LogP contribution in [0.5, 0.6) is 5.75 Å². The molecule has 0 radical (unpaired) electrons. The summed E-state index contributed by atoms with van der Waals surface area (Å²) < 4.78 is 13.5. The maximum atomic E-state index is 12.7. The predicted molar refractivity (Wildman–Crippen MR) is 143 cm³/mol. The van der Waals surface area contributed by atoms with Crippen molar-refractivity contribution in [3.63, 3.8) is 0 Å². The summed E-state index contributed by atoms with van der Waals surface area (Å²) in [5.41, 5.74) is 4.54. The van der Waals surface area contributed by atoms with Crippen molar-refractivity contribution in [2.45, 2.75) is 42.6 Å². The van der Waals surface area contributed by atoms with E-state index in [9.17, 15) is 9.59 Å². The van der Waals surface area contributed by atoms with Crippen molar-refractivity contribution in [3.05, 3.63) is 113 Å². The zero-order valence-electron chi connectivity index (χ0n) is 20.6. The Kier molecular flexibility index (Phi) is 7.70. The molecule has 0 aliphatic heterocycles. The van der Waals surface area contributed by atoms with Crippen molar-refractivity contribution < 1.29 is 19.1 Å². The smallest absolute Gasteiger partial charge is 0.337 e. The zero-order chi connectivity index (χ0) is 25.6. The van der Waals surface area contributed by atoms with Crippen LogP contribution in [0.2, 0.25) is 0 Å². The first-order valence-electron chi connectivity index (χ1n) is 12.3. The standard InChI is InChI=1S/C30H28N2O4S/c1-35-30(34)22-10-12-23(13-11-22)37-19-26-24-8-5-9-27(33)25(24)14-15-28(26)36-29(18-32-17-16-31-20-32)21-6-3-2-4-7-21/h2-4,6-7,10-17,20,29H,5,8-9,18-19H2,1H3. The number of carbonyl (C=O) groups excluding carboxylic acids is 2. The highest BCUT2D eigenvalue weighted by Gasteiger charge is 2.24. The highest BCUT2D eigenvalue weighted by atomic mass is 32.2. The van der Waals surface area contributed by atoms with Crippen molar-refractivity contribution in [1.29, 1.82) is 0 Å². The van der Waals surface area contributed by atoms with Gasteiger partial charge in [-0.05, 0) is 60.4 Å². The molecule has 1 aliphatic rings. The van der Waals surface area contributed by atoms with E-state index in [0.717, 1.165) is 45.7 Å². The molecule has 6 nitrogen and oxygen atoms in total. The van der Waals surface area contributed by atoms with E-state index in [0.29, 0.717) is 24.3 Å². The van der Waals surface area contributed by atoms with Crippen LogP contribution in [-0.4, -0.2) is 28.4 Å². The molecule has 1 aliphatic carbocycles. The van der Waals surface area contributed by atoms with Gasteiger partial charge in [0, 0.05) is 40.6 Å². The molecule has 0 fully saturated rings. The summed E-state index contributed by atoms with van der Waals surface area (Å²) in [5, 5.41) is 0. The number of ketones is 1. The Morgan fingerprint density at radius 1 is 1.05 bits per heavy atom. The first kappa shape index (κ1) is 24.8. The third-order valence-corrected chi connectivity index (χ3v) is 7.59. The lowest BCUT2D eigenvalue weighted by atomic mass is 9.87. The summed E-state index contributed by atoms with van der Waals surface area (Å²) >= 11 is 1.66. The van der Waals surface area contributed by atoms with Gasteiger partial charge in [0.05, 0.1) is 25.5 Å². The number of benzene rings is 3. The van der Waals surface area contributed by atoms with E-state index in [4.69, 9.17) is 9.47 Å². The van der Waals surface area contributed by atoms with Crippen molar-refractivity contribution in [1.82, 2.24) is 9.55 Å². The number of carbonyl (C=O) groups is 2. The molecule has 1 aromatic heterocycles. The van der Waals surface area contributed by atoms with E-state index >= 15 is 0 Å². The average molecular weight is 513 g/mol. The molecule has 0 spiro atoms. The maximum absolute atomic E-state index is 12.7. The summed E-state index contributed by atoms with van der Waals surface area (Å²) in [5.74, 6) is 1.28. The van der Waals surface area contributed by atoms with Crippen LogP contribution >= 0.6 is 11.8 Å². The topological polar surface area (TPSA) is 70.4 Å². The van der Waals surface area contributed by atoms with E-state index in [2.05, 4.69) is 17.1 Å². The maximum Gasteiger partial charge on any atom is 0.337 e. The Labute approximate surface area is 220 Å². The highest BCUT2D eigenvalue weighted by Crippen LogP contribution is 2.38. The lowest BCUT2D eigenvalue weighted by Gasteiger charge is -2.25. The molecular formula is C30H28N2O4S. The quantitative estimate of drug-likeness (QED) is 0.194. The molecule has 0 bridgehead atoms. The number of ether oxygens (including phenoxy) is 2. The van der Waals surface area contributed by atoms with Crippen LogP contribution in [0.3, 0.4) is 0 Å². The Balaban J connectivity index is 1.46. The third kappa shape index (κ3) is 5.78. The molecule has 0 N–H and O–H groups in total. The number of hydrogen-bond acceptors (Lipinski definition) is 6. The van der Waals surface area contributed by atoms with Crippen LogP contribution in [0.15, 0.2) is 90.3 Å². The number of methoxy groups -OCH3 is 1. The molecule has 188 valence electrons. The first-order valence-corrected chi connectivity index (χ1v) is 13.3. The fourth-order valence-corrected chi connectivity index (χ4v) is 5.58. The molecule has 4 aromatic rings. The monoisotopic (exact) mass is 512 g/mol. The number of imidazole rings is 1. The van der Waals surface area contributed by atoms with Crippen LogP contribution in [0.25, 0.3) is 0 Å². The van der Waals surface area contributed by atoms with Gasteiger partial charge in [-0.1, -0.05) is 30.3 Å². The Morgan fingerprint density at radius 2 is 1.86 bits per heavy atom. The fourth-order valence-electron chi connectivity index (χ4n) is 4.63. The van der Waals surface area contributed by atoms with Crippen molar-refractivity contribution in [2.24, 2.45) is 0 Å². The molecule has 5 rings (SSSR count). The largest absolute Gasteiger partial charge is 0.484 e. The molecule has 1 atom stereocenters. The Hall–Kier alpha value is -3.84. The highest BCUT2D eigenvalue weighted by molar-refractivity contribution is 7.98. The van der Waals surface area contributed by atoms with Gasteiger partial charge in [0.1, 0.15) is 11.9 Å². The first-order chi connectivity index (χ1) is 18.1. The molecule has 37 heavy (non-hydrogen) atoms. The van der Waals surface area contributed by atoms with Gasteiger partial charge in [0.15, 0.2) is 5.78 Å². The molecule has 7 heteroatoms. The van der Waals surface area contributed by atoms with Gasteiger partial charge >= 0.3 is 5.97 Å². The molecule has 0 saturated carbocycles. The summed E-state index contributed by atoms with van der Waals surface area (Å²) in [6.07, 6.45) is 7.54. The molecular weight excluding hydrogens is 484 g/mol. The second kappa shape index (κ2) is 11.5. The van der Waals surface area contributed by atoms with Crippen LogP contribution < -0.4 is 4.74 Å². The number of Topliss-reactive ketones (excluding diaryl/α,β-unsaturated/α-hetero) is 1.